The number of hydrogen-bond acceptors (Lipinski definition) is 5. The fourth-order valence-electron chi connectivity index (χ4n) is 4.44. The van der Waals surface area contributed by atoms with Crippen LogP contribution in [-0.2, 0) is 9.59 Å². The van der Waals surface area contributed by atoms with Crippen molar-refractivity contribution in [3.63, 3.8) is 0 Å². The van der Waals surface area contributed by atoms with Crippen LogP contribution in [0.25, 0.3) is 0 Å². The average Bonchev–Trinajstić information content (AvgIpc) is 3.16. The van der Waals surface area contributed by atoms with Crippen molar-refractivity contribution in [1.29, 1.82) is 0 Å². The summed E-state index contributed by atoms with van der Waals surface area (Å²) in [4.78, 5) is 40.1. The molecule has 8 nitrogen and oxygen atoms in total. The molecule has 28 heavy (non-hydrogen) atoms. The summed E-state index contributed by atoms with van der Waals surface area (Å²) < 4.78 is 5.33. The molecule has 0 spiro atoms. The van der Waals surface area contributed by atoms with Gasteiger partial charge in [0.05, 0.1) is 11.6 Å². The Hall–Kier alpha value is -2.38. The van der Waals surface area contributed by atoms with E-state index >= 15 is 0 Å². The van der Waals surface area contributed by atoms with Crippen LogP contribution in [0.2, 0.25) is 0 Å². The number of rotatable bonds is 4. The van der Waals surface area contributed by atoms with Crippen molar-refractivity contribution in [1.82, 2.24) is 15.0 Å². The second kappa shape index (κ2) is 7.93. The molecule has 0 radical (unpaired) electrons. The minimum absolute atomic E-state index is 0.204. The lowest BCUT2D eigenvalue weighted by atomic mass is 9.83. The Morgan fingerprint density at radius 1 is 0.964 bits per heavy atom. The van der Waals surface area contributed by atoms with E-state index in [1.54, 1.807) is 11.0 Å². The highest BCUT2D eigenvalue weighted by molar-refractivity contribution is 5.92. The van der Waals surface area contributed by atoms with Gasteiger partial charge >= 0.3 is 0 Å². The predicted molar refractivity (Wildman–Crippen MR) is 100 cm³/mol. The number of nitrogens with two attached hydrogens (primary N) is 1. The van der Waals surface area contributed by atoms with Crippen molar-refractivity contribution in [3.05, 3.63) is 17.5 Å². The summed E-state index contributed by atoms with van der Waals surface area (Å²) in [6.45, 7) is 2.41. The first-order chi connectivity index (χ1) is 13.5. The van der Waals surface area contributed by atoms with E-state index in [4.69, 9.17) is 10.3 Å². The third-order valence-corrected chi connectivity index (χ3v) is 6.53. The van der Waals surface area contributed by atoms with E-state index in [-0.39, 0.29) is 35.3 Å². The quantitative estimate of drug-likeness (QED) is 0.841. The Bertz CT molecular complexity index is 749. The Kier molecular flexibility index (Phi) is 5.37. The van der Waals surface area contributed by atoms with Crippen LogP contribution in [0.3, 0.4) is 0 Å². The van der Waals surface area contributed by atoms with E-state index in [0.29, 0.717) is 19.0 Å². The first-order valence-electron chi connectivity index (χ1n) is 10.4. The smallest absolute Gasteiger partial charge is 0.292 e. The molecule has 0 aromatic carbocycles. The summed E-state index contributed by atoms with van der Waals surface area (Å²) in [6.07, 6.45) is 6.38. The number of nitrogens with zero attached hydrogens (tertiary/aromatic N) is 3. The molecule has 1 atom stereocenters. The molecular formula is C20H28N4O4. The van der Waals surface area contributed by atoms with E-state index in [2.05, 4.69) is 5.16 Å². The van der Waals surface area contributed by atoms with Crippen LogP contribution >= 0.6 is 0 Å². The van der Waals surface area contributed by atoms with Gasteiger partial charge in [0.2, 0.25) is 17.6 Å². The van der Waals surface area contributed by atoms with Gasteiger partial charge in [-0.15, -0.1) is 0 Å². The molecule has 3 fully saturated rings. The summed E-state index contributed by atoms with van der Waals surface area (Å²) >= 11 is 0. The van der Waals surface area contributed by atoms with Gasteiger partial charge in [0, 0.05) is 44.1 Å². The van der Waals surface area contributed by atoms with Gasteiger partial charge < -0.3 is 20.1 Å². The van der Waals surface area contributed by atoms with Crippen molar-refractivity contribution < 1.29 is 18.9 Å². The van der Waals surface area contributed by atoms with Crippen molar-refractivity contribution in [2.75, 3.05) is 26.2 Å². The predicted octanol–water partition coefficient (Wildman–Crippen LogP) is 1.52. The van der Waals surface area contributed by atoms with E-state index in [0.717, 1.165) is 57.3 Å². The number of hydrogen-bond donors (Lipinski definition) is 1. The minimum Gasteiger partial charge on any atom is -0.369 e. The van der Waals surface area contributed by atoms with E-state index in [1.807, 2.05) is 4.90 Å². The van der Waals surface area contributed by atoms with Crippen molar-refractivity contribution >= 4 is 17.7 Å². The molecule has 1 aromatic rings. The molecule has 2 aliphatic heterocycles. The van der Waals surface area contributed by atoms with Gasteiger partial charge in [0.15, 0.2) is 0 Å². The van der Waals surface area contributed by atoms with E-state index < -0.39 is 0 Å². The molecule has 4 rings (SSSR count). The first kappa shape index (κ1) is 19.0. The topological polar surface area (TPSA) is 110 Å². The molecule has 3 heterocycles. The molecule has 8 heteroatoms. The number of piperidine rings is 2. The van der Waals surface area contributed by atoms with Crippen molar-refractivity contribution in [2.24, 2.45) is 17.6 Å². The lowest BCUT2D eigenvalue weighted by Gasteiger charge is -2.36. The van der Waals surface area contributed by atoms with Crippen LogP contribution in [-0.4, -0.2) is 58.9 Å². The standard InChI is InChI=1S/C20H28N4O4/c21-18(25)15-5-2-8-24(12-15)20(27)17-11-16(22-28-17)13-6-9-23(10-7-13)19(26)14-3-1-4-14/h11,13-15H,1-10,12H2,(H2,21,25). The van der Waals surface area contributed by atoms with E-state index in [1.165, 1.54) is 6.42 Å². The highest BCUT2D eigenvalue weighted by Gasteiger charge is 2.34. The minimum atomic E-state index is -0.362. The van der Waals surface area contributed by atoms with Gasteiger partial charge in [-0.3, -0.25) is 14.4 Å². The molecular weight excluding hydrogens is 360 g/mol. The molecule has 1 aromatic heterocycles. The summed E-state index contributed by atoms with van der Waals surface area (Å²) in [5.74, 6) is 0.0684. The van der Waals surface area contributed by atoms with Gasteiger partial charge in [-0.2, -0.15) is 0 Å². The van der Waals surface area contributed by atoms with Crippen LogP contribution < -0.4 is 5.73 Å². The van der Waals surface area contributed by atoms with Crippen molar-refractivity contribution in [3.8, 4) is 0 Å². The summed E-state index contributed by atoms with van der Waals surface area (Å²) in [5, 5.41) is 4.12. The summed E-state index contributed by atoms with van der Waals surface area (Å²) in [7, 11) is 0. The number of carbonyl (C=O) groups excluding carboxylic acids is 3. The molecule has 3 amide bonds. The maximum Gasteiger partial charge on any atom is 0.292 e. The number of primary amides is 1. The molecule has 1 saturated carbocycles. The highest BCUT2D eigenvalue weighted by atomic mass is 16.5. The normalized spacial score (nSPS) is 24.1. The highest BCUT2D eigenvalue weighted by Crippen LogP contribution is 2.32. The Morgan fingerprint density at radius 2 is 1.68 bits per heavy atom. The van der Waals surface area contributed by atoms with Crippen molar-refractivity contribution in [2.45, 2.75) is 50.9 Å². The zero-order valence-corrected chi connectivity index (χ0v) is 16.1. The Morgan fingerprint density at radius 3 is 2.32 bits per heavy atom. The second-order valence-electron chi connectivity index (χ2n) is 8.34. The van der Waals surface area contributed by atoms with Crippen LogP contribution in [0.4, 0.5) is 0 Å². The Balaban J connectivity index is 1.33. The van der Waals surface area contributed by atoms with Crippen LogP contribution in [0.1, 0.15) is 67.1 Å². The van der Waals surface area contributed by atoms with Crippen LogP contribution in [0.5, 0.6) is 0 Å². The zero-order chi connectivity index (χ0) is 19.7. The number of aromatic nitrogens is 1. The lowest BCUT2D eigenvalue weighted by molar-refractivity contribution is -0.139. The molecule has 2 N–H and O–H groups in total. The number of amides is 3. The number of carbonyl (C=O) groups is 3. The van der Waals surface area contributed by atoms with Crippen LogP contribution in [0, 0.1) is 11.8 Å². The van der Waals surface area contributed by atoms with Gasteiger partial charge in [-0.25, -0.2) is 0 Å². The molecule has 152 valence electrons. The summed E-state index contributed by atoms with van der Waals surface area (Å²) in [5.41, 5.74) is 6.17. The third-order valence-electron chi connectivity index (χ3n) is 6.53. The van der Waals surface area contributed by atoms with Crippen LogP contribution in [0.15, 0.2) is 10.6 Å². The van der Waals surface area contributed by atoms with Gasteiger partial charge in [-0.1, -0.05) is 11.6 Å². The molecule has 1 unspecified atom stereocenters. The maximum atomic E-state index is 12.7. The first-order valence-corrected chi connectivity index (χ1v) is 10.4. The largest absolute Gasteiger partial charge is 0.369 e. The molecule has 2 saturated heterocycles. The molecule has 3 aliphatic rings. The number of likely N-dealkylation sites (tertiary alicyclic amines) is 2. The molecule has 1 aliphatic carbocycles. The summed E-state index contributed by atoms with van der Waals surface area (Å²) in [6, 6.07) is 1.73. The zero-order valence-electron chi connectivity index (χ0n) is 16.1. The fraction of sp³-hybridized carbons (Fsp3) is 0.700. The van der Waals surface area contributed by atoms with Gasteiger partial charge in [-0.05, 0) is 38.5 Å². The monoisotopic (exact) mass is 388 g/mol. The third kappa shape index (κ3) is 3.77. The second-order valence-corrected chi connectivity index (χ2v) is 8.34. The van der Waals surface area contributed by atoms with Gasteiger partial charge in [0.25, 0.3) is 5.91 Å². The maximum absolute atomic E-state index is 12.7. The Labute approximate surface area is 164 Å². The SMILES string of the molecule is NC(=O)C1CCCN(C(=O)c2cc(C3CCN(C(=O)C4CCC4)CC3)no2)C1. The lowest BCUT2D eigenvalue weighted by Crippen LogP contribution is -2.44. The van der Waals surface area contributed by atoms with Gasteiger partial charge in [0.1, 0.15) is 0 Å². The fourth-order valence-corrected chi connectivity index (χ4v) is 4.44. The van der Waals surface area contributed by atoms with E-state index in [9.17, 15) is 14.4 Å². The average molecular weight is 388 g/mol. The molecule has 0 bridgehead atoms.